The second-order valence-electron chi connectivity index (χ2n) is 6.34. The molecule has 2 rings (SSSR count). The van der Waals surface area contributed by atoms with Crippen LogP contribution in [0.1, 0.15) is 32.6 Å². The fourth-order valence-electron chi connectivity index (χ4n) is 3.06. The van der Waals surface area contributed by atoms with Crippen molar-refractivity contribution in [1.29, 1.82) is 0 Å². The highest BCUT2D eigenvalue weighted by Gasteiger charge is 2.23. The van der Waals surface area contributed by atoms with Crippen molar-refractivity contribution in [2.24, 2.45) is 0 Å². The molecule has 0 spiro atoms. The lowest BCUT2D eigenvalue weighted by molar-refractivity contribution is -0.134. The van der Waals surface area contributed by atoms with E-state index in [-0.39, 0.29) is 11.8 Å². The summed E-state index contributed by atoms with van der Waals surface area (Å²) >= 11 is 0. The number of likely N-dealkylation sites (tertiary alicyclic amines) is 1. The number of piperidine rings is 1. The van der Waals surface area contributed by atoms with E-state index in [2.05, 4.69) is 22.0 Å². The number of hydrogen-bond acceptors (Lipinski definition) is 4. The minimum atomic E-state index is 0.111. The van der Waals surface area contributed by atoms with E-state index in [0.717, 1.165) is 65.1 Å². The van der Waals surface area contributed by atoms with Crippen LogP contribution in [0.15, 0.2) is 0 Å². The normalized spacial score (nSPS) is 20.9. The summed E-state index contributed by atoms with van der Waals surface area (Å²) < 4.78 is 0. The molecule has 0 bridgehead atoms. The van der Waals surface area contributed by atoms with Crippen molar-refractivity contribution in [1.82, 2.24) is 20.0 Å². The number of rotatable bonds is 6. The van der Waals surface area contributed by atoms with Crippen molar-refractivity contribution in [2.75, 3.05) is 58.9 Å². The molecule has 1 N–H and O–H groups in total. The van der Waals surface area contributed by atoms with Crippen molar-refractivity contribution in [3.8, 4) is 0 Å². The molecule has 0 unspecified atom stereocenters. The predicted molar refractivity (Wildman–Crippen MR) is 86.6 cm³/mol. The van der Waals surface area contributed by atoms with Crippen LogP contribution in [0, 0.1) is 0 Å². The summed E-state index contributed by atoms with van der Waals surface area (Å²) in [5, 5.41) is 2.91. The SMILES string of the molecule is CCCNC(=O)CN1CCN(CC(=O)N2CCCCC2)CC1. The zero-order chi connectivity index (χ0) is 15.8. The van der Waals surface area contributed by atoms with E-state index in [1.807, 2.05) is 4.90 Å². The largest absolute Gasteiger partial charge is 0.355 e. The second-order valence-corrected chi connectivity index (χ2v) is 6.34. The van der Waals surface area contributed by atoms with Gasteiger partial charge in [-0.2, -0.15) is 0 Å². The molecule has 2 heterocycles. The second kappa shape index (κ2) is 9.10. The molecule has 22 heavy (non-hydrogen) atoms. The molecule has 0 aromatic rings. The highest BCUT2D eigenvalue weighted by atomic mass is 16.2. The van der Waals surface area contributed by atoms with Crippen LogP contribution < -0.4 is 5.32 Å². The minimum absolute atomic E-state index is 0.111. The Labute approximate surface area is 133 Å². The van der Waals surface area contributed by atoms with Crippen molar-refractivity contribution in [3.05, 3.63) is 0 Å². The van der Waals surface area contributed by atoms with Crippen LogP contribution >= 0.6 is 0 Å². The molecule has 0 saturated carbocycles. The number of carbonyl (C=O) groups excluding carboxylic acids is 2. The first-order valence-corrected chi connectivity index (χ1v) is 8.68. The molecule has 0 aliphatic carbocycles. The van der Waals surface area contributed by atoms with E-state index in [0.29, 0.717) is 13.1 Å². The van der Waals surface area contributed by atoms with Crippen LogP contribution in [0.5, 0.6) is 0 Å². The van der Waals surface area contributed by atoms with Gasteiger partial charge in [0.1, 0.15) is 0 Å². The zero-order valence-electron chi connectivity index (χ0n) is 13.9. The monoisotopic (exact) mass is 310 g/mol. The van der Waals surface area contributed by atoms with E-state index in [4.69, 9.17) is 0 Å². The van der Waals surface area contributed by atoms with Crippen molar-refractivity contribution < 1.29 is 9.59 Å². The highest BCUT2D eigenvalue weighted by molar-refractivity contribution is 5.78. The molecule has 2 amide bonds. The van der Waals surface area contributed by atoms with Crippen LogP contribution in [-0.2, 0) is 9.59 Å². The van der Waals surface area contributed by atoms with Gasteiger partial charge in [0.25, 0.3) is 0 Å². The van der Waals surface area contributed by atoms with Gasteiger partial charge in [0.15, 0.2) is 0 Å². The van der Waals surface area contributed by atoms with Gasteiger partial charge in [-0.15, -0.1) is 0 Å². The van der Waals surface area contributed by atoms with E-state index in [1.165, 1.54) is 6.42 Å². The van der Waals surface area contributed by atoms with Crippen LogP contribution in [0.4, 0.5) is 0 Å². The molecule has 6 nitrogen and oxygen atoms in total. The van der Waals surface area contributed by atoms with E-state index < -0.39 is 0 Å². The van der Waals surface area contributed by atoms with Gasteiger partial charge < -0.3 is 10.2 Å². The summed E-state index contributed by atoms with van der Waals surface area (Å²) in [6.45, 7) is 9.17. The smallest absolute Gasteiger partial charge is 0.236 e. The molecule has 2 saturated heterocycles. The molecule has 2 fully saturated rings. The Morgan fingerprint density at radius 1 is 0.864 bits per heavy atom. The first kappa shape index (κ1) is 17.2. The first-order chi connectivity index (χ1) is 10.7. The molecular weight excluding hydrogens is 280 g/mol. The van der Waals surface area contributed by atoms with Gasteiger partial charge in [0, 0.05) is 45.8 Å². The standard InChI is InChI=1S/C16H30N4O2/c1-2-6-17-15(21)13-18-9-11-19(12-10-18)14-16(22)20-7-4-3-5-8-20/h2-14H2,1H3,(H,17,21). The third-order valence-electron chi connectivity index (χ3n) is 4.47. The molecule has 0 aromatic heterocycles. The number of carbonyl (C=O) groups is 2. The van der Waals surface area contributed by atoms with E-state index in [9.17, 15) is 9.59 Å². The third kappa shape index (κ3) is 5.57. The van der Waals surface area contributed by atoms with Gasteiger partial charge in [-0.05, 0) is 25.7 Å². The maximum absolute atomic E-state index is 12.3. The van der Waals surface area contributed by atoms with E-state index >= 15 is 0 Å². The Morgan fingerprint density at radius 3 is 2.05 bits per heavy atom. The minimum Gasteiger partial charge on any atom is -0.355 e. The fourth-order valence-corrected chi connectivity index (χ4v) is 3.06. The summed E-state index contributed by atoms with van der Waals surface area (Å²) in [4.78, 5) is 30.4. The van der Waals surface area contributed by atoms with Crippen molar-refractivity contribution in [2.45, 2.75) is 32.6 Å². The maximum Gasteiger partial charge on any atom is 0.236 e. The quantitative estimate of drug-likeness (QED) is 0.758. The van der Waals surface area contributed by atoms with Gasteiger partial charge in [0.2, 0.25) is 11.8 Å². The lowest BCUT2D eigenvalue weighted by Crippen LogP contribution is -2.52. The van der Waals surface area contributed by atoms with Gasteiger partial charge in [-0.1, -0.05) is 6.92 Å². The van der Waals surface area contributed by atoms with Crippen LogP contribution in [0.25, 0.3) is 0 Å². The zero-order valence-corrected chi connectivity index (χ0v) is 13.9. The van der Waals surface area contributed by atoms with Gasteiger partial charge in [-0.25, -0.2) is 0 Å². The molecule has 2 aliphatic heterocycles. The van der Waals surface area contributed by atoms with Gasteiger partial charge >= 0.3 is 0 Å². The fraction of sp³-hybridized carbons (Fsp3) is 0.875. The maximum atomic E-state index is 12.3. The molecule has 2 aliphatic rings. The number of piperazine rings is 1. The Morgan fingerprint density at radius 2 is 1.45 bits per heavy atom. The Bertz CT molecular complexity index is 361. The molecule has 126 valence electrons. The highest BCUT2D eigenvalue weighted by Crippen LogP contribution is 2.10. The number of hydrogen-bond donors (Lipinski definition) is 1. The lowest BCUT2D eigenvalue weighted by atomic mass is 10.1. The average molecular weight is 310 g/mol. The Hall–Kier alpha value is -1.14. The Balaban J connectivity index is 1.64. The molecule has 0 radical (unpaired) electrons. The topological polar surface area (TPSA) is 55.9 Å². The molecule has 6 heteroatoms. The van der Waals surface area contributed by atoms with Crippen LogP contribution in [-0.4, -0.2) is 85.4 Å². The Kier molecular flexibility index (Phi) is 7.12. The summed E-state index contributed by atoms with van der Waals surface area (Å²) in [6, 6.07) is 0. The van der Waals surface area contributed by atoms with Crippen molar-refractivity contribution in [3.63, 3.8) is 0 Å². The number of nitrogens with zero attached hydrogens (tertiary/aromatic N) is 3. The van der Waals surface area contributed by atoms with Crippen LogP contribution in [0.2, 0.25) is 0 Å². The van der Waals surface area contributed by atoms with Gasteiger partial charge in [-0.3, -0.25) is 19.4 Å². The third-order valence-corrected chi connectivity index (χ3v) is 4.47. The summed E-state index contributed by atoms with van der Waals surface area (Å²) in [6.07, 6.45) is 4.51. The molecule has 0 aromatic carbocycles. The average Bonchev–Trinajstić information content (AvgIpc) is 2.55. The lowest BCUT2D eigenvalue weighted by Gasteiger charge is -2.35. The van der Waals surface area contributed by atoms with Crippen LogP contribution in [0.3, 0.4) is 0 Å². The van der Waals surface area contributed by atoms with E-state index in [1.54, 1.807) is 0 Å². The predicted octanol–water partition coefficient (Wildman–Crippen LogP) is 0.143. The number of amides is 2. The summed E-state index contributed by atoms with van der Waals surface area (Å²) in [7, 11) is 0. The molecular formula is C16H30N4O2. The number of nitrogens with one attached hydrogen (secondary N) is 1. The van der Waals surface area contributed by atoms with Crippen molar-refractivity contribution >= 4 is 11.8 Å². The van der Waals surface area contributed by atoms with Gasteiger partial charge in [0.05, 0.1) is 13.1 Å². The first-order valence-electron chi connectivity index (χ1n) is 8.68. The summed E-state index contributed by atoms with van der Waals surface area (Å²) in [5.74, 6) is 0.383. The molecule has 0 atom stereocenters. The summed E-state index contributed by atoms with van der Waals surface area (Å²) in [5.41, 5.74) is 0.